The summed E-state index contributed by atoms with van der Waals surface area (Å²) in [5.74, 6) is -0.0266. The second kappa shape index (κ2) is 10.3. The molecular weight excluding hydrogens is 479 g/mol. The Hall–Kier alpha value is -3.95. The molecule has 0 amide bonds. The zero-order valence-corrected chi connectivity index (χ0v) is 19.1. The molecule has 1 heterocycles. The van der Waals surface area contributed by atoms with E-state index in [1.54, 1.807) is 24.3 Å². The van der Waals surface area contributed by atoms with E-state index in [1.165, 1.54) is 24.3 Å². The molecule has 3 aromatic carbocycles. The molecule has 11 heteroatoms. The minimum atomic E-state index is -0.526. The maximum absolute atomic E-state index is 13.1. The Labute approximate surface area is 204 Å². The van der Waals surface area contributed by atoms with Crippen LogP contribution in [0.3, 0.4) is 0 Å². The van der Waals surface area contributed by atoms with Gasteiger partial charge in [-0.05, 0) is 47.5 Å². The number of aromatic nitrogens is 3. The van der Waals surface area contributed by atoms with Crippen molar-refractivity contribution >= 4 is 46.7 Å². The van der Waals surface area contributed by atoms with Gasteiger partial charge < -0.3 is 10.6 Å². The minimum absolute atomic E-state index is 0.110. The molecular formula is C23H18Cl2N6O3. The van der Waals surface area contributed by atoms with Crippen LogP contribution >= 0.6 is 23.2 Å². The second-order valence-corrected chi connectivity index (χ2v) is 8.11. The number of nitro benzene ring substituents is 1. The molecule has 2 N–H and O–H groups in total. The van der Waals surface area contributed by atoms with Crippen LogP contribution in [0.1, 0.15) is 21.5 Å². The summed E-state index contributed by atoms with van der Waals surface area (Å²) >= 11 is 11.9. The van der Waals surface area contributed by atoms with Crippen molar-refractivity contribution < 1.29 is 9.72 Å². The van der Waals surface area contributed by atoms with Crippen molar-refractivity contribution in [3.63, 3.8) is 0 Å². The number of anilines is 2. The SMILES string of the molecule is O=C(c1ccc([N+](=O)[O-])cc1)n1nc(NCc2ccc(Cl)cc2)nc1NCc1ccc(Cl)cc1. The maximum Gasteiger partial charge on any atom is 0.281 e. The molecule has 34 heavy (non-hydrogen) atoms. The Morgan fingerprint density at radius 3 is 1.91 bits per heavy atom. The van der Waals surface area contributed by atoms with Gasteiger partial charge in [-0.3, -0.25) is 14.9 Å². The van der Waals surface area contributed by atoms with Gasteiger partial charge in [0.25, 0.3) is 11.6 Å². The number of hydrogen-bond donors (Lipinski definition) is 2. The third-order valence-electron chi connectivity index (χ3n) is 4.85. The molecule has 0 fully saturated rings. The van der Waals surface area contributed by atoms with Crippen LogP contribution in [-0.4, -0.2) is 25.6 Å². The van der Waals surface area contributed by atoms with Gasteiger partial charge in [-0.1, -0.05) is 47.5 Å². The largest absolute Gasteiger partial charge is 0.350 e. The zero-order chi connectivity index (χ0) is 24.1. The lowest BCUT2D eigenvalue weighted by Gasteiger charge is -2.07. The summed E-state index contributed by atoms with van der Waals surface area (Å²) in [5.41, 5.74) is 2.01. The third kappa shape index (κ3) is 5.69. The van der Waals surface area contributed by atoms with E-state index in [2.05, 4.69) is 20.7 Å². The van der Waals surface area contributed by atoms with Crippen LogP contribution in [0, 0.1) is 10.1 Å². The first-order valence-electron chi connectivity index (χ1n) is 10.1. The van der Waals surface area contributed by atoms with Gasteiger partial charge in [0.1, 0.15) is 0 Å². The van der Waals surface area contributed by atoms with E-state index in [4.69, 9.17) is 23.2 Å². The number of nitrogens with one attached hydrogen (secondary N) is 2. The second-order valence-electron chi connectivity index (χ2n) is 7.24. The van der Waals surface area contributed by atoms with Crippen molar-refractivity contribution in [3.8, 4) is 0 Å². The predicted molar refractivity (Wildman–Crippen MR) is 130 cm³/mol. The topological polar surface area (TPSA) is 115 Å². The van der Waals surface area contributed by atoms with Gasteiger partial charge >= 0.3 is 0 Å². The summed E-state index contributed by atoms with van der Waals surface area (Å²) in [4.78, 5) is 27.9. The molecule has 9 nitrogen and oxygen atoms in total. The number of carbonyl (C=O) groups is 1. The fourth-order valence-corrected chi connectivity index (χ4v) is 3.31. The van der Waals surface area contributed by atoms with Gasteiger partial charge in [0, 0.05) is 40.8 Å². The van der Waals surface area contributed by atoms with Crippen LogP contribution in [0.2, 0.25) is 10.0 Å². The Bertz CT molecular complexity index is 1310. The lowest BCUT2D eigenvalue weighted by Crippen LogP contribution is -2.17. The van der Waals surface area contributed by atoms with Crippen molar-refractivity contribution in [2.75, 3.05) is 10.6 Å². The number of nitrogens with zero attached hydrogens (tertiary/aromatic N) is 4. The molecule has 0 spiro atoms. The molecule has 172 valence electrons. The van der Waals surface area contributed by atoms with E-state index in [0.29, 0.717) is 23.1 Å². The van der Waals surface area contributed by atoms with Gasteiger partial charge in [0.15, 0.2) is 0 Å². The Kier molecular flexibility index (Phi) is 7.05. The smallest absolute Gasteiger partial charge is 0.281 e. The van der Waals surface area contributed by atoms with Crippen molar-refractivity contribution in [2.45, 2.75) is 13.1 Å². The average molecular weight is 497 g/mol. The first-order chi connectivity index (χ1) is 16.4. The molecule has 0 aliphatic heterocycles. The molecule has 0 radical (unpaired) electrons. The van der Waals surface area contributed by atoms with Gasteiger partial charge in [0.05, 0.1) is 4.92 Å². The van der Waals surface area contributed by atoms with Gasteiger partial charge in [-0.25, -0.2) is 0 Å². The molecule has 0 bridgehead atoms. The number of halogens is 2. The lowest BCUT2D eigenvalue weighted by molar-refractivity contribution is -0.384. The third-order valence-corrected chi connectivity index (χ3v) is 5.36. The maximum atomic E-state index is 13.1. The number of rotatable bonds is 8. The van der Waals surface area contributed by atoms with E-state index in [0.717, 1.165) is 15.8 Å². The first-order valence-corrected chi connectivity index (χ1v) is 10.9. The molecule has 1 aromatic heterocycles. The summed E-state index contributed by atoms with van der Waals surface area (Å²) in [5, 5.41) is 22.7. The van der Waals surface area contributed by atoms with Crippen LogP contribution in [0.15, 0.2) is 72.8 Å². The number of benzene rings is 3. The fourth-order valence-electron chi connectivity index (χ4n) is 3.06. The van der Waals surface area contributed by atoms with Crippen molar-refractivity contribution in [1.29, 1.82) is 0 Å². The highest BCUT2D eigenvalue weighted by molar-refractivity contribution is 6.30. The number of hydrogen-bond acceptors (Lipinski definition) is 7. The normalized spacial score (nSPS) is 10.6. The molecule has 0 unspecified atom stereocenters. The molecule has 0 atom stereocenters. The average Bonchev–Trinajstić information content (AvgIpc) is 3.26. The van der Waals surface area contributed by atoms with Crippen molar-refractivity contribution in [2.24, 2.45) is 0 Å². The fraction of sp³-hybridized carbons (Fsp3) is 0.0870. The summed E-state index contributed by atoms with van der Waals surface area (Å²) < 4.78 is 1.13. The summed E-state index contributed by atoms with van der Waals surface area (Å²) in [6.45, 7) is 0.795. The van der Waals surface area contributed by atoms with Crippen LogP contribution in [0.4, 0.5) is 17.6 Å². The highest BCUT2D eigenvalue weighted by Gasteiger charge is 2.19. The van der Waals surface area contributed by atoms with Gasteiger partial charge in [-0.2, -0.15) is 9.67 Å². The van der Waals surface area contributed by atoms with Crippen LogP contribution in [0.25, 0.3) is 0 Å². The van der Waals surface area contributed by atoms with E-state index in [1.807, 2.05) is 24.3 Å². The van der Waals surface area contributed by atoms with E-state index in [9.17, 15) is 14.9 Å². The monoisotopic (exact) mass is 496 g/mol. The van der Waals surface area contributed by atoms with E-state index < -0.39 is 10.8 Å². The minimum Gasteiger partial charge on any atom is -0.350 e. The van der Waals surface area contributed by atoms with Crippen LogP contribution in [0.5, 0.6) is 0 Å². The Morgan fingerprint density at radius 2 is 1.38 bits per heavy atom. The van der Waals surface area contributed by atoms with Gasteiger partial charge in [-0.15, -0.1) is 5.10 Å². The lowest BCUT2D eigenvalue weighted by atomic mass is 10.2. The molecule has 0 saturated heterocycles. The van der Waals surface area contributed by atoms with Crippen LogP contribution in [-0.2, 0) is 13.1 Å². The molecule has 0 saturated carbocycles. The quantitative estimate of drug-likeness (QED) is 0.247. The number of non-ortho nitro benzene ring substituents is 1. The van der Waals surface area contributed by atoms with Crippen molar-refractivity contribution in [3.05, 3.63) is 110 Å². The number of nitro groups is 1. The molecule has 0 aliphatic rings. The van der Waals surface area contributed by atoms with Crippen LogP contribution < -0.4 is 10.6 Å². The highest BCUT2D eigenvalue weighted by atomic mass is 35.5. The molecule has 0 aliphatic carbocycles. The predicted octanol–water partition coefficient (Wildman–Crippen LogP) is 5.41. The number of carbonyl (C=O) groups excluding carboxylic acids is 1. The summed E-state index contributed by atoms with van der Waals surface area (Å²) in [6.07, 6.45) is 0. The Balaban J connectivity index is 1.57. The molecule has 4 aromatic rings. The summed E-state index contributed by atoms with van der Waals surface area (Å²) in [7, 11) is 0. The summed E-state index contributed by atoms with van der Waals surface area (Å²) in [6, 6.07) is 19.8. The zero-order valence-electron chi connectivity index (χ0n) is 17.6. The van der Waals surface area contributed by atoms with E-state index in [-0.39, 0.29) is 23.1 Å². The van der Waals surface area contributed by atoms with E-state index >= 15 is 0 Å². The van der Waals surface area contributed by atoms with Gasteiger partial charge in [0.2, 0.25) is 11.9 Å². The van der Waals surface area contributed by atoms with Crippen molar-refractivity contribution in [1.82, 2.24) is 14.8 Å². The standard InChI is InChI=1S/C23H18Cl2N6O3/c24-18-7-1-15(2-8-18)13-26-22-28-23(27-14-16-3-9-19(25)10-4-16)30(29-22)21(32)17-5-11-20(12-6-17)31(33)34/h1-12H,13-14H2,(H2,26,27,28,29). The Morgan fingerprint density at radius 1 is 0.853 bits per heavy atom. The highest BCUT2D eigenvalue weighted by Crippen LogP contribution is 2.18. The molecule has 4 rings (SSSR count). The first kappa shape index (κ1) is 23.2.